The summed E-state index contributed by atoms with van der Waals surface area (Å²) in [4.78, 5) is 20.8. The molecule has 0 atom stereocenters. The molecule has 1 aromatic carbocycles. The van der Waals surface area contributed by atoms with Crippen molar-refractivity contribution >= 4 is 35.8 Å². The van der Waals surface area contributed by atoms with Crippen molar-refractivity contribution in [3.05, 3.63) is 35.4 Å². The van der Waals surface area contributed by atoms with E-state index in [9.17, 15) is 4.79 Å². The van der Waals surface area contributed by atoms with Gasteiger partial charge in [-0.25, -0.2) is 0 Å². The minimum atomic E-state index is 0. The lowest BCUT2D eigenvalue weighted by Gasteiger charge is -2.27. The third kappa shape index (κ3) is 4.84. The summed E-state index contributed by atoms with van der Waals surface area (Å²) in [7, 11) is 0. The molecule has 1 saturated heterocycles. The van der Waals surface area contributed by atoms with E-state index in [0.29, 0.717) is 18.9 Å². The van der Waals surface area contributed by atoms with Crippen molar-refractivity contribution in [2.24, 2.45) is 10.7 Å². The third-order valence-electron chi connectivity index (χ3n) is 4.70. The lowest BCUT2D eigenvalue weighted by molar-refractivity contribution is -0.131. The van der Waals surface area contributed by atoms with Crippen LogP contribution in [0.25, 0.3) is 0 Å². The molecule has 0 bridgehead atoms. The summed E-state index contributed by atoms with van der Waals surface area (Å²) in [5.74, 6) is 0.860. The Morgan fingerprint density at radius 3 is 2.29 bits per heavy atom. The van der Waals surface area contributed by atoms with Gasteiger partial charge in [0, 0.05) is 39.1 Å². The smallest absolute Gasteiger partial charge is 0.223 e. The fourth-order valence-electron chi connectivity index (χ4n) is 3.31. The van der Waals surface area contributed by atoms with Crippen LogP contribution in [0.3, 0.4) is 0 Å². The molecular formula is C18H27IN4O. The zero-order chi connectivity index (χ0) is 16.1. The average Bonchev–Trinajstić information content (AvgIpc) is 3.03. The molecule has 1 aromatic rings. The number of piperidine rings is 1. The van der Waals surface area contributed by atoms with Crippen molar-refractivity contribution in [3.8, 4) is 0 Å². The minimum absolute atomic E-state index is 0. The SMILES string of the molecule is I.NC(=NCCCC(=O)N1Cc2ccccc2C1)N1CCCCC1. The van der Waals surface area contributed by atoms with Crippen LogP contribution >= 0.6 is 24.0 Å². The number of nitrogens with zero attached hydrogens (tertiary/aromatic N) is 3. The van der Waals surface area contributed by atoms with Gasteiger partial charge in [-0.05, 0) is 36.8 Å². The highest BCUT2D eigenvalue weighted by Crippen LogP contribution is 2.22. The van der Waals surface area contributed by atoms with Gasteiger partial charge in [0.25, 0.3) is 0 Å². The quantitative estimate of drug-likeness (QED) is 0.338. The number of nitrogens with two attached hydrogens (primary N) is 1. The van der Waals surface area contributed by atoms with Gasteiger partial charge < -0.3 is 15.5 Å². The summed E-state index contributed by atoms with van der Waals surface area (Å²) in [6, 6.07) is 8.27. The maximum absolute atomic E-state index is 12.3. The van der Waals surface area contributed by atoms with Crippen LogP contribution in [0.15, 0.2) is 29.3 Å². The number of halogens is 1. The van der Waals surface area contributed by atoms with Crippen molar-refractivity contribution in [3.63, 3.8) is 0 Å². The summed E-state index contributed by atoms with van der Waals surface area (Å²) in [5.41, 5.74) is 8.57. The van der Waals surface area contributed by atoms with Crippen LogP contribution in [0.2, 0.25) is 0 Å². The van der Waals surface area contributed by atoms with Crippen molar-refractivity contribution in [2.45, 2.75) is 45.2 Å². The van der Waals surface area contributed by atoms with Gasteiger partial charge in [-0.3, -0.25) is 9.79 Å². The Kier molecular flexibility index (Phi) is 7.33. The van der Waals surface area contributed by atoms with Crippen LogP contribution in [0, 0.1) is 0 Å². The van der Waals surface area contributed by atoms with Gasteiger partial charge in [0.1, 0.15) is 0 Å². The molecule has 1 amide bonds. The number of guanidine groups is 1. The van der Waals surface area contributed by atoms with Gasteiger partial charge in [0.15, 0.2) is 5.96 Å². The molecule has 0 radical (unpaired) electrons. The monoisotopic (exact) mass is 442 g/mol. The van der Waals surface area contributed by atoms with E-state index in [0.717, 1.165) is 32.6 Å². The highest BCUT2D eigenvalue weighted by atomic mass is 127. The van der Waals surface area contributed by atoms with Crippen LogP contribution in [-0.2, 0) is 17.9 Å². The molecule has 0 aliphatic carbocycles. The molecule has 132 valence electrons. The topological polar surface area (TPSA) is 61.9 Å². The molecule has 6 heteroatoms. The highest BCUT2D eigenvalue weighted by Gasteiger charge is 2.22. The van der Waals surface area contributed by atoms with Crippen LogP contribution in [0.4, 0.5) is 0 Å². The maximum atomic E-state index is 12.3. The standard InChI is InChI=1S/C18H26N4O.HI/c19-18(21-11-4-1-5-12-21)20-10-6-9-17(23)22-13-15-7-2-3-8-16(15)14-22;/h2-3,7-8H,1,4-6,9-14H2,(H2,19,20);1H. The number of fused-ring (bicyclic) bond motifs is 1. The van der Waals surface area contributed by atoms with E-state index in [2.05, 4.69) is 22.0 Å². The predicted molar refractivity (Wildman–Crippen MR) is 107 cm³/mol. The molecule has 24 heavy (non-hydrogen) atoms. The molecule has 0 unspecified atom stereocenters. The minimum Gasteiger partial charge on any atom is -0.370 e. The van der Waals surface area contributed by atoms with Crippen LogP contribution in [0.1, 0.15) is 43.2 Å². The third-order valence-corrected chi connectivity index (χ3v) is 4.70. The normalized spacial score (nSPS) is 17.4. The number of aliphatic imine (C=N–C) groups is 1. The lowest BCUT2D eigenvalue weighted by Crippen LogP contribution is -2.40. The van der Waals surface area contributed by atoms with E-state index in [4.69, 9.17) is 5.73 Å². The van der Waals surface area contributed by atoms with E-state index in [-0.39, 0.29) is 29.9 Å². The van der Waals surface area contributed by atoms with Crippen molar-refractivity contribution in [2.75, 3.05) is 19.6 Å². The average molecular weight is 442 g/mol. The fraction of sp³-hybridized carbons (Fsp3) is 0.556. The summed E-state index contributed by atoms with van der Waals surface area (Å²) in [5, 5.41) is 0. The number of hydrogen-bond acceptors (Lipinski definition) is 2. The number of benzene rings is 1. The Balaban J connectivity index is 0.00000208. The molecule has 0 aromatic heterocycles. The molecule has 1 fully saturated rings. The van der Waals surface area contributed by atoms with Gasteiger partial charge in [-0.15, -0.1) is 24.0 Å². The van der Waals surface area contributed by atoms with E-state index in [1.807, 2.05) is 17.0 Å². The molecule has 5 nitrogen and oxygen atoms in total. The van der Waals surface area contributed by atoms with Gasteiger partial charge in [0.05, 0.1) is 0 Å². The number of amides is 1. The number of carbonyl (C=O) groups excluding carboxylic acids is 1. The summed E-state index contributed by atoms with van der Waals surface area (Å²) >= 11 is 0. The molecule has 2 aliphatic rings. The first kappa shape index (κ1) is 19.0. The van der Waals surface area contributed by atoms with E-state index in [1.54, 1.807) is 0 Å². The lowest BCUT2D eigenvalue weighted by atomic mass is 10.1. The van der Waals surface area contributed by atoms with Crippen LogP contribution < -0.4 is 5.73 Å². The highest BCUT2D eigenvalue weighted by molar-refractivity contribution is 14.0. The van der Waals surface area contributed by atoms with Gasteiger partial charge in [0.2, 0.25) is 5.91 Å². The predicted octanol–water partition coefficient (Wildman–Crippen LogP) is 2.73. The van der Waals surface area contributed by atoms with Crippen LogP contribution in [0.5, 0.6) is 0 Å². The first-order chi connectivity index (χ1) is 11.2. The second-order valence-electron chi connectivity index (χ2n) is 6.41. The van der Waals surface area contributed by atoms with Gasteiger partial charge >= 0.3 is 0 Å². The van der Waals surface area contributed by atoms with Gasteiger partial charge in [-0.1, -0.05) is 24.3 Å². The van der Waals surface area contributed by atoms with E-state index in [1.165, 1.54) is 30.4 Å². The molecule has 2 N–H and O–H groups in total. The zero-order valence-corrected chi connectivity index (χ0v) is 16.4. The summed E-state index contributed by atoms with van der Waals surface area (Å²) in [6.07, 6.45) is 5.00. The fourth-order valence-corrected chi connectivity index (χ4v) is 3.31. The molecular weight excluding hydrogens is 415 g/mol. The molecule has 2 heterocycles. The second kappa shape index (κ2) is 9.25. The Morgan fingerprint density at radius 2 is 1.67 bits per heavy atom. The molecule has 3 rings (SSSR count). The number of hydrogen-bond donors (Lipinski definition) is 1. The molecule has 0 spiro atoms. The van der Waals surface area contributed by atoms with Crippen molar-refractivity contribution in [1.29, 1.82) is 0 Å². The summed E-state index contributed by atoms with van der Waals surface area (Å²) in [6.45, 7) is 4.15. The Labute approximate surface area is 161 Å². The molecule has 2 aliphatic heterocycles. The Bertz CT molecular complexity index is 559. The number of rotatable bonds is 4. The second-order valence-corrected chi connectivity index (χ2v) is 6.41. The molecule has 0 saturated carbocycles. The van der Waals surface area contributed by atoms with Gasteiger partial charge in [-0.2, -0.15) is 0 Å². The zero-order valence-electron chi connectivity index (χ0n) is 14.1. The van der Waals surface area contributed by atoms with E-state index >= 15 is 0 Å². The van der Waals surface area contributed by atoms with Crippen LogP contribution in [-0.4, -0.2) is 41.3 Å². The Hall–Kier alpha value is -1.31. The van der Waals surface area contributed by atoms with Crippen molar-refractivity contribution in [1.82, 2.24) is 9.80 Å². The van der Waals surface area contributed by atoms with E-state index < -0.39 is 0 Å². The number of carbonyl (C=O) groups is 1. The summed E-state index contributed by atoms with van der Waals surface area (Å²) < 4.78 is 0. The Morgan fingerprint density at radius 1 is 1.04 bits per heavy atom. The number of likely N-dealkylation sites (tertiary alicyclic amines) is 1. The largest absolute Gasteiger partial charge is 0.370 e. The first-order valence-electron chi connectivity index (χ1n) is 8.63. The first-order valence-corrected chi connectivity index (χ1v) is 8.63. The maximum Gasteiger partial charge on any atom is 0.223 e. The van der Waals surface area contributed by atoms with Crippen molar-refractivity contribution < 1.29 is 4.79 Å².